The van der Waals surface area contributed by atoms with E-state index in [1.54, 1.807) is 18.2 Å². The topological polar surface area (TPSA) is 79.8 Å². The zero-order chi connectivity index (χ0) is 13.5. The Bertz CT molecular complexity index is 419. The van der Waals surface area contributed by atoms with Crippen molar-refractivity contribution in [1.29, 1.82) is 0 Å². The molecule has 0 radical (unpaired) electrons. The molecule has 19 heavy (non-hydrogen) atoms. The Balaban J connectivity index is 1.66. The number of urea groups is 1. The van der Waals surface area contributed by atoms with E-state index in [1.165, 1.54) is 0 Å². The summed E-state index contributed by atoms with van der Waals surface area (Å²) in [5.41, 5.74) is 0.840. The first kappa shape index (κ1) is 13.6. The lowest BCUT2D eigenvalue weighted by Crippen LogP contribution is -2.43. The molecule has 0 bridgehead atoms. The van der Waals surface area contributed by atoms with Crippen molar-refractivity contribution in [2.75, 3.05) is 26.4 Å². The third-order valence-corrected chi connectivity index (χ3v) is 2.74. The van der Waals surface area contributed by atoms with Crippen LogP contribution in [-0.2, 0) is 16.0 Å². The number of nitrogens with one attached hydrogen (secondary N) is 2. The van der Waals surface area contributed by atoms with Crippen LogP contribution < -0.4 is 10.6 Å². The maximum Gasteiger partial charge on any atom is 0.315 e. The van der Waals surface area contributed by atoms with Gasteiger partial charge in [0.05, 0.1) is 25.9 Å². The minimum absolute atomic E-state index is 0.0831. The first-order valence-corrected chi connectivity index (χ1v) is 6.23. The highest BCUT2D eigenvalue weighted by Gasteiger charge is 2.14. The molecule has 1 aliphatic rings. The summed E-state index contributed by atoms with van der Waals surface area (Å²) < 4.78 is 10.6. The number of ether oxygens (including phenoxy) is 2. The number of hydrogen-bond acceptors (Lipinski definition) is 4. The molecular formula is C13H18N2O4. The van der Waals surface area contributed by atoms with E-state index in [0.29, 0.717) is 32.9 Å². The Labute approximate surface area is 111 Å². The van der Waals surface area contributed by atoms with Crippen molar-refractivity contribution >= 4 is 6.03 Å². The maximum atomic E-state index is 11.6. The van der Waals surface area contributed by atoms with Crippen molar-refractivity contribution in [3.8, 4) is 5.75 Å². The Morgan fingerprint density at radius 3 is 3.00 bits per heavy atom. The molecule has 0 spiro atoms. The van der Waals surface area contributed by atoms with Crippen molar-refractivity contribution in [2.24, 2.45) is 0 Å². The summed E-state index contributed by atoms with van der Waals surface area (Å²) in [7, 11) is 0. The molecule has 2 amide bonds. The molecule has 6 heteroatoms. The molecule has 0 aliphatic carbocycles. The van der Waals surface area contributed by atoms with E-state index in [2.05, 4.69) is 10.6 Å². The van der Waals surface area contributed by atoms with E-state index in [0.717, 1.165) is 5.56 Å². The standard InChI is InChI=1S/C13H18N2O4/c16-11-3-1-2-10(6-11)7-14-13(17)15-8-12-9-18-4-5-19-12/h1-3,6,12,16H,4-5,7-9H2,(H2,14,15,17). The van der Waals surface area contributed by atoms with Gasteiger partial charge in [0.2, 0.25) is 0 Å². The lowest BCUT2D eigenvalue weighted by Gasteiger charge is -2.23. The van der Waals surface area contributed by atoms with Gasteiger partial charge in [-0.2, -0.15) is 0 Å². The first-order chi connectivity index (χ1) is 9.24. The minimum atomic E-state index is -0.266. The third kappa shape index (κ3) is 4.76. The summed E-state index contributed by atoms with van der Waals surface area (Å²) in [6, 6.07) is 6.50. The van der Waals surface area contributed by atoms with Gasteiger partial charge in [0.1, 0.15) is 5.75 Å². The van der Waals surface area contributed by atoms with Crippen molar-refractivity contribution < 1.29 is 19.4 Å². The average Bonchev–Trinajstić information content (AvgIpc) is 2.44. The van der Waals surface area contributed by atoms with Gasteiger partial charge in [-0.25, -0.2) is 4.79 Å². The van der Waals surface area contributed by atoms with Crippen LogP contribution >= 0.6 is 0 Å². The summed E-state index contributed by atoms with van der Waals surface area (Å²) in [4.78, 5) is 11.6. The maximum absolute atomic E-state index is 11.6. The lowest BCUT2D eigenvalue weighted by atomic mass is 10.2. The second kappa shape index (κ2) is 6.96. The molecule has 104 valence electrons. The molecule has 1 fully saturated rings. The van der Waals surface area contributed by atoms with Crippen LogP contribution in [0.5, 0.6) is 5.75 Å². The molecule has 1 unspecified atom stereocenters. The van der Waals surface area contributed by atoms with Crippen LogP contribution in [0.4, 0.5) is 4.79 Å². The van der Waals surface area contributed by atoms with Gasteiger partial charge >= 0.3 is 6.03 Å². The van der Waals surface area contributed by atoms with Crippen LogP contribution in [0.1, 0.15) is 5.56 Å². The molecule has 1 saturated heterocycles. The van der Waals surface area contributed by atoms with E-state index in [-0.39, 0.29) is 17.9 Å². The Morgan fingerprint density at radius 1 is 1.37 bits per heavy atom. The van der Waals surface area contributed by atoms with Gasteiger partial charge in [-0.15, -0.1) is 0 Å². The SMILES string of the molecule is O=C(NCc1cccc(O)c1)NCC1COCCO1. The lowest BCUT2D eigenvalue weighted by molar-refractivity contribution is -0.0853. The van der Waals surface area contributed by atoms with Crippen LogP contribution in [-0.4, -0.2) is 43.6 Å². The Morgan fingerprint density at radius 2 is 2.26 bits per heavy atom. The van der Waals surface area contributed by atoms with E-state index >= 15 is 0 Å². The largest absolute Gasteiger partial charge is 0.508 e. The van der Waals surface area contributed by atoms with Crippen molar-refractivity contribution in [3.63, 3.8) is 0 Å². The van der Waals surface area contributed by atoms with Gasteiger partial charge in [-0.05, 0) is 17.7 Å². The fraction of sp³-hybridized carbons (Fsp3) is 0.462. The number of hydrogen-bond donors (Lipinski definition) is 3. The van der Waals surface area contributed by atoms with Crippen LogP contribution in [0.25, 0.3) is 0 Å². The number of aromatic hydroxyl groups is 1. The molecule has 1 aliphatic heterocycles. The second-order valence-corrected chi connectivity index (χ2v) is 4.30. The number of amides is 2. The van der Waals surface area contributed by atoms with Crippen LogP contribution in [0.15, 0.2) is 24.3 Å². The molecule has 6 nitrogen and oxygen atoms in total. The predicted octanol–water partition coefficient (Wildman–Crippen LogP) is 0.607. The summed E-state index contributed by atoms with van der Waals surface area (Å²) >= 11 is 0. The average molecular weight is 266 g/mol. The first-order valence-electron chi connectivity index (χ1n) is 6.23. The zero-order valence-electron chi connectivity index (χ0n) is 10.6. The number of carbonyl (C=O) groups excluding carboxylic acids is 1. The smallest absolute Gasteiger partial charge is 0.315 e. The normalized spacial score (nSPS) is 18.8. The van der Waals surface area contributed by atoms with Crippen LogP contribution in [0, 0.1) is 0 Å². The highest BCUT2D eigenvalue weighted by atomic mass is 16.6. The predicted molar refractivity (Wildman–Crippen MR) is 68.9 cm³/mol. The molecule has 0 aromatic heterocycles. The van der Waals surface area contributed by atoms with E-state index in [4.69, 9.17) is 9.47 Å². The Hall–Kier alpha value is -1.79. The fourth-order valence-electron chi connectivity index (χ4n) is 1.77. The monoisotopic (exact) mass is 266 g/mol. The molecule has 1 aromatic carbocycles. The third-order valence-electron chi connectivity index (χ3n) is 2.74. The Kier molecular flexibility index (Phi) is 5.00. The molecule has 1 aromatic rings. The molecule has 0 saturated carbocycles. The van der Waals surface area contributed by atoms with Crippen LogP contribution in [0.2, 0.25) is 0 Å². The van der Waals surface area contributed by atoms with Gasteiger partial charge in [0.25, 0.3) is 0 Å². The number of carbonyl (C=O) groups is 1. The van der Waals surface area contributed by atoms with Gasteiger partial charge in [0, 0.05) is 13.1 Å². The molecular weight excluding hydrogens is 248 g/mol. The van der Waals surface area contributed by atoms with Gasteiger partial charge in [0.15, 0.2) is 0 Å². The quantitative estimate of drug-likeness (QED) is 0.746. The summed E-state index contributed by atoms with van der Waals surface area (Å²) in [6.07, 6.45) is -0.0831. The molecule has 2 rings (SSSR count). The minimum Gasteiger partial charge on any atom is -0.508 e. The summed E-state index contributed by atoms with van der Waals surface area (Å²) in [6.45, 7) is 2.47. The van der Waals surface area contributed by atoms with Gasteiger partial charge in [-0.3, -0.25) is 0 Å². The highest BCUT2D eigenvalue weighted by molar-refractivity contribution is 5.73. The number of phenolic OH excluding ortho intramolecular Hbond substituents is 1. The molecule has 3 N–H and O–H groups in total. The van der Waals surface area contributed by atoms with E-state index in [1.807, 2.05) is 6.07 Å². The number of phenols is 1. The number of rotatable bonds is 4. The van der Waals surface area contributed by atoms with E-state index < -0.39 is 0 Å². The molecule has 1 heterocycles. The van der Waals surface area contributed by atoms with Gasteiger partial charge in [-0.1, -0.05) is 12.1 Å². The van der Waals surface area contributed by atoms with Crippen molar-refractivity contribution in [3.05, 3.63) is 29.8 Å². The highest BCUT2D eigenvalue weighted by Crippen LogP contribution is 2.10. The van der Waals surface area contributed by atoms with E-state index in [9.17, 15) is 9.90 Å². The fourth-order valence-corrected chi connectivity index (χ4v) is 1.77. The zero-order valence-corrected chi connectivity index (χ0v) is 10.6. The van der Waals surface area contributed by atoms with Crippen LogP contribution in [0.3, 0.4) is 0 Å². The van der Waals surface area contributed by atoms with Crippen molar-refractivity contribution in [2.45, 2.75) is 12.6 Å². The van der Waals surface area contributed by atoms with Gasteiger partial charge < -0.3 is 25.2 Å². The number of benzene rings is 1. The second-order valence-electron chi connectivity index (χ2n) is 4.30. The molecule has 1 atom stereocenters. The summed E-state index contributed by atoms with van der Waals surface area (Å²) in [5.74, 6) is 0.187. The van der Waals surface area contributed by atoms with Crippen molar-refractivity contribution in [1.82, 2.24) is 10.6 Å². The summed E-state index contributed by atoms with van der Waals surface area (Å²) in [5, 5.41) is 14.7.